The maximum absolute atomic E-state index is 12.6. The quantitative estimate of drug-likeness (QED) is 0.758. The minimum absolute atomic E-state index is 0.0576. The average molecular weight is 424 g/mol. The van der Waals surface area contributed by atoms with Crippen LogP contribution in [0.2, 0.25) is 0 Å². The third-order valence-electron chi connectivity index (χ3n) is 4.51. The van der Waals surface area contributed by atoms with Crippen LogP contribution in [-0.4, -0.2) is 40.1 Å². The van der Waals surface area contributed by atoms with Gasteiger partial charge >= 0.3 is 0 Å². The Balaban J connectivity index is 1.71. The van der Waals surface area contributed by atoms with Crippen molar-refractivity contribution in [1.29, 1.82) is 0 Å². The summed E-state index contributed by atoms with van der Waals surface area (Å²) in [6.45, 7) is 1.03. The number of anilines is 1. The van der Waals surface area contributed by atoms with Crippen LogP contribution in [0, 0.1) is 0 Å². The predicted molar refractivity (Wildman–Crippen MR) is 105 cm³/mol. The van der Waals surface area contributed by atoms with E-state index < -0.39 is 26.0 Å². The second kappa shape index (κ2) is 8.00. The van der Waals surface area contributed by atoms with E-state index in [0.29, 0.717) is 18.8 Å². The molecule has 8 nitrogen and oxygen atoms in total. The second-order valence-corrected chi connectivity index (χ2v) is 10.0. The van der Waals surface area contributed by atoms with E-state index in [1.165, 1.54) is 52.8 Å². The molecule has 28 heavy (non-hydrogen) atoms. The summed E-state index contributed by atoms with van der Waals surface area (Å²) in [7, 11) is -7.35. The average Bonchev–Trinajstić information content (AvgIpc) is 2.68. The van der Waals surface area contributed by atoms with E-state index in [-0.39, 0.29) is 15.4 Å². The van der Waals surface area contributed by atoms with Gasteiger partial charge in [-0.1, -0.05) is 6.42 Å². The van der Waals surface area contributed by atoms with Crippen molar-refractivity contribution in [1.82, 2.24) is 4.31 Å². The fourth-order valence-electron chi connectivity index (χ4n) is 2.96. The van der Waals surface area contributed by atoms with Crippen molar-refractivity contribution < 1.29 is 21.6 Å². The molecule has 1 saturated heterocycles. The number of hydrogen-bond acceptors (Lipinski definition) is 5. The van der Waals surface area contributed by atoms with Crippen LogP contribution in [0.15, 0.2) is 58.3 Å². The molecule has 10 heteroatoms. The smallest absolute Gasteiger partial charge is 0.255 e. The predicted octanol–water partition coefficient (Wildman–Crippen LogP) is 1.76. The molecule has 1 aliphatic rings. The van der Waals surface area contributed by atoms with Crippen molar-refractivity contribution in [3.05, 3.63) is 54.1 Å². The van der Waals surface area contributed by atoms with Gasteiger partial charge in [-0.05, 0) is 61.4 Å². The minimum atomic E-state index is -3.80. The fourth-order valence-corrected chi connectivity index (χ4v) is 5.00. The number of piperidine rings is 1. The highest BCUT2D eigenvalue weighted by atomic mass is 32.2. The maximum Gasteiger partial charge on any atom is 0.255 e. The lowest BCUT2D eigenvalue weighted by Gasteiger charge is -2.25. The molecule has 0 saturated carbocycles. The Hall–Kier alpha value is -2.27. The highest BCUT2D eigenvalue weighted by molar-refractivity contribution is 7.89. The van der Waals surface area contributed by atoms with Crippen LogP contribution in [-0.2, 0) is 20.0 Å². The first-order valence-corrected chi connectivity index (χ1v) is 11.7. The number of nitrogens with two attached hydrogens (primary N) is 1. The molecule has 0 unspecified atom stereocenters. The Morgan fingerprint density at radius 3 is 1.89 bits per heavy atom. The summed E-state index contributed by atoms with van der Waals surface area (Å²) in [4.78, 5) is 12.4. The molecule has 0 bridgehead atoms. The number of amides is 1. The molecule has 0 atom stereocenters. The normalized spacial score (nSPS) is 15.9. The lowest BCUT2D eigenvalue weighted by Crippen LogP contribution is -2.35. The monoisotopic (exact) mass is 423 g/mol. The van der Waals surface area contributed by atoms with E-state index in [2.05, 4.69) is 5.32 Å². The number of carbonyl (C=O) groups excluding carboxylic acids is 1. The number of primary sulfonamides is 1. The summed E-state index contributed by atoms with van der Waals surface area (Å²) in [6.07, 6.45) is 2.73. The van der Waals surface area contributed by atoms with Gasteiger partial charge in [-0.3, -0.25) is 4.79 Å². The van der Waals surface area contributed by atoms with Crippen molar-refractivity contribution in [2.45, 2.75) is 29.1 Å². The van der Waals surface area contributed by atoms with Gasteiger partial charge < -0.3 is 5.32 Å². The number of benzene rings is 2. The largest absolute Gasteiger partial charge is 0.322 e. The zero-order valence-electron chi connectivity index (χ0n) is 15.0. The summed E-state index contributed by atoms with van der Waals surface area (Å²) in [5.74, 6) is -0.440. The Morgan fingerprint density at radius 1 is 0.821 bits per heavy atom. The van der Waals surface area contributed by atoms with Gasteiger partial charge in [0.25, 0.3) is 5.91 Å². The van der Waals surface area contributed by atoms with Crippen LogP contribution >= 0.6 is 0 Å². The van der Waals surface area contributed by atoms with Crippen LogP contribution in [0.3, 0.4) is 0 Å². The molecule has 0 radical (unpaired) electrons. The van der Waals surface area contributed by atoms with Crippen molar-refractivity contribution in [2.75, 3.05) is 18.4 Å². The molecule has 1 amide bonds. The third kappa shape index (κ3) is 4.58. The highest BCUT2D eigenvalue weighted by Gasteiger charge is 2.25. The summed E-state index contributed by atoms with van der Waals surface area (Å²) < 4.78 is 49.3. The maximum atomic E-state index is 12.6. The summed E-state index contributed by atoms with van der Waals surface area (Å²) >= 11 is 0. The number of nitrogens with zero attached hydrogens (tertiary/aromatic N) is 1. The van der Waals surface area contributed by atoms with Gasteiger partial charge in [0.1, 0.15) is 0 Å². The fraction of sp³-hybridized carbons (Fsp3) is 0.278. The highest BCUT2D eigenvalue weighted by Crippen LogP contribution is 2.21. The molecule has 3 N–H and O–H groups in total. The molecule has 0 aromatic heterocycles. The molecule has 0 spiro atoms. The number of carbonyl (C=O) groups is 1. The molecular weight excluding hydrogens is 402 g/mol. The van der Waals surface area contributed by atoms with Gasteiger partial charge in [-0.15, -0.1) is 0 Å². The van der Waals surface area contributed by atoms with E-state index in [4.69, 9.17) is 5.14 Å². The number of sulfonamides is 2. The molecular formula is C18H21N3O5S2. The lowest BCUT2D eigenvalue weighted by atomic mass is 10.2. The van der Waals surface area contributed by atoms with Gasteiger partial charge in [-0.25, -0.2) is 22.0 Å². The van der Waals surface area contributed by atoms with Gasteiger partial charge in [0, 0.05) is 24.3 Å². The topological polar surface area (TPSA) is 127 Å². The molecule has 2 aromatic rings. The second-order valence-electron chi connectivity index (χ2n) is 6.51. The van der Waals surface area contributed by atoms with Gasteiger partial charge in [-0.2, -0.15) is 4.31 Å². The molecule has 1 fully saturated rings. The van der Waals surface area contributed by atoms with Crippen molar-refractivity contribution in [3.63, 3.8) is 0 Å². The molecule has 3 rings (SSSR count). The van der Waals surface area contributed by atoms with Crippen LogP contribution in [0.4, 0.5) is 5.69 Å². The number of nitrogens with one attached hydrogen (secondary N) is 1. The Bertz CT molecular complexity index is 1060. The van der Waals surface area contributed by atoms with E-state index >= 15 is 0 Å². The zero-order valence-corrected chi connectivity index (χ0v) is 16.7. The van der Waals surface area contributed by atoms with Crippen LogP contribution in [0.5, 0.6) is 0 Å². The van der Waals surface area contributed by atoms with Gasteiger partial charge in [0.15, 0.2) is 0 Å². The Labute approximate surface area is 164 Å². The Kier molecular flexibility index (Phi) is 5.84. The first-order valence-electron chi connectivity index (χ1n) is 8.72. The summed E-state index contributed by atoms with van der Waals surface area (Å²) in [6, 6.07) is 11.2. The SMILES string of the molecule is NS(=O)(=O)c1ccc(NC(=O)c2ccc(S(=O)(=O)N3CCCCC3)cc2)cc1. The number of rotatable bonds is 5. The van der Waals surface area contributed by atoms with Gasteiger partial charge in [0.2, 0.25) is 20.0 Å². The van der Waals surface area contributed by atoms with Crippen molar-refractivity contribution in [2.24, 2.45) is 5.14 Å². The Morgan fingerprint density at radius 2 is 1.36 bits per heavy atom. The van der Waals surface area contributed by atoms with Crippen molar-refractivity contribution >= 4 is 31.6 Å². The summed E-state index contributed by atoms with van der Waals surface area (Å²) in [5.41, 5.74) is 0.676. The first-order chi connectivity index (χ1) is 13.2. The standard InChI is InChI=1S/C18H21N3O5S2/c19-27(23,24)16-10-6-15(7-11-16)20-18(22)14-4-8-17(9-5-14)28(25,26)21-12-2-1-3-13-21/h4-11H,1-3,12-13H2,(H,20,22)(H2,19,23,24). The van der Waals surface area contributed by atoms with Crippen LogP contribution in [0.1, 0.15) is 29.6 Å². The third-order valence-corrected chi connectivity index (χ3v) is 7.35. The van der Waals surface area contributed by atoms with Crippen LogP contribution < -0.4 is 10.5 Å². The minimum Gasteiger partial charge on any atom is -0.322 e. The van der Waals surface area contributed by atoms with E-state index in [1.54, 1.807) is 0 Å². The number of hydrogen-bond donors (Lipinski definition) is 2. The van der Waals surface area contributed by atoms with E-state index in [1.807, 2.05) is 0 Å². The van der Waals surface area contributed by atoms with Gasteiger partial charge in [0.05, 0.1) is 9.79 Å². The first kappa shape index (κ1) is 20.5. The molecule has 1 aliphatic heterocycles. The molecule has 1 heterocycles. The van der Waals surface area contributed by atoms with E-state index in [9.17, 15) is 21.6 Å². The van der Waals surface area contributed by atoms with E-state index in [0.717, 1.165) is 19.3 Å². The molecule has 150 valence electrons. The molecule has 2 aromatic carbocycles. The zero-order chi connectivity index (χ0) is 20.4. The molecule has 0 aliphatic carbocycles. The lowest BCUT2D eigenvalue weighted by molar-refractivity contribution is 0.102. The van der Waals surface area contributed by atoms with Crippen molar-refractivity contribution in [3.8, 4) is 0 Å². The summed E-state index contributed by atoms with van der Waals surface area (Å²) in [5, 5.41) is 7.66. The van der Waals surface area contributed by atoms with Crippen LogP contribution in [0.25, 0.3) is 0 Å².